The summed E-state index contributed by atoms with van der Waals surface area (Å²) in [5.41, 5.74) is 1.86. The molecule has 0 aromatic heterocycles. The molecule has 0 aliphatic carbocycles. The fourth-order valence-electron chi connectivity index (χ4n) is 2.40. The first-order valence-corrected chi connectivity index (χ1v) is 8.44. The number of halogens is 1. The van der Waals surface area contributed by atoms with Gasteiger partial charge in [0.1, 0.15) is 0 Å². The number of ether oxygens (including phenoxy) is 2. The van der Waals surface area contributed by atoms with E-state index in [2.05, 4.69) is 10.6 Å². The summed E-state index contributed by atoms with van der Waals surface area (Å²) >= 11 is 6.11. The van der Waals surface area contributed by atoms with E-state index in [0.29, 0.717) is 23.1 Å². The van der Waals surface area contributed by atoms with Gasteiger partial charge >= 0.3 is 0 Å². The lowest BCUT2D eigenvalue weighted by Crippen LogP contribution is -2.23. The summed E-state index contributed by atoms with van der Waals surface area (Å²) in [5.74, 6) is 1.00. The predicted octanol–water partition coefficient (Wildman–Crippen LogP) is 3.70. The Labute approximate surface area is 151 Å². The van der Waals surface area contributed by atoms with Crippen LogP contribution in [0.1, 0.15) is 12.0 Å². The number of hydrogen-bond donors (Lipinski definition) is 2. The van der Waals surface area contributed by atoms with E-state index < -0.39 is 0 Å². The van der Waals surface area contributed by atoms with E-state index >= 15 is 0 Å². The fourth-order valence-corrected chi connectivity index (χ4v) is 2.68. The molecule has 1 heterocycles. The van der Waals surface area contributed by atoms with E-state index in [9.17, 15) is 4.79 Å². The Morgan fingerprint density at radius 1 is 1.16 bits per heavy atom. The molecule has 0 saturated carbocycles. The average molecular weight is 359 g/mol. The van der Waals surface area contributed by atoms with Crippen molar-refractivity contribution in [3.63, 3.8) is 0 Å². The van der Waals surface area contributed by atoms with Gasteiger partial charge in [0.2, 0.25) is 12.7 Å². The zero-order valence-electron chi connectivity index (χ0n) is 13.6. The van der Waals surface area contributed by atoms with Crippen molar-refractivity contribution in [1.29, 1.82) is 0 Å². The van der Waals surface area contributed by atoms with Gasteiger partial charge in [0, 0.05) is 24.9 Å². The van der Waals surface area contributed by atoms with Crippen molar-refractivity contribution in [2.45, 2.75) is 6.42 Å². The second kappa shape index (κ2) is 8.44. The third-order valence-corrected chi connectivity index (χ3v) is 3.91. The quantitative estimate of drug-likeness (QED) is 0.585. The van der Waals surface area contributed by atoms with Crippen LogP contribution in [0.15, 0.2) is 48.5 Å². The molecule has 1 aliphatic heterocycles. The molecule has 25 heavy (non-hydrogen) atoms. The van der Waals surface area contributed by atoms with Crippen LogP contribution in [0.4, 0.5) is 5.69 Å². The SMILES string of the molecule is O=C(/C=C/c1cc(Cl)c2c(c1)OCO2)NCCCNc1ccccc1. The Kier molecular flexibility index (Phi) is 5.80. The first kappa shape index (κ1) is 17.2. The molecule has 2 N–H and O–H groups in total. The Bertz CT molecular complexity index is 763. The number of hydrogen-bond acceptors (Lipinski definition) is 4. The van der Waals surface area contributed by atoms with Gasteiger partial charge in [0.25, 0.3) is 0 Å². The second-order valence-corrected chi connectivity index (χ2v) is 5.91. The van der Waals surface area contributed by atoms with Crippen molar-refractivity contribution in [3.05, 3.63) is 59.1 Å². The van der Waals surface area contributed by atoms with E-state index in [4.69, 9.17) is 21.1 Å². The van der Waals surface area contributed by atoms with Crippen LogP contribution >= 0.6 is 11.6 Å². The lowest BCUT2D eigenvalue weighted by atomic mass is 10.2. The number of amides is 1. The Balaban J connectivity index is 1.40. The van der Waals surface area contributed by atoms with Crippen LogP contribution in [0.5, 0.6) is 11.5 Å². The molecule has 1 amide bonds. The van der Waals surface area contributed by atoms with Crippen molar-refractivity contribution in [1.82, 2.24) is 5.32 Å². The van der Waals surface area contributed by atoms with Crippen molar-refractivity contribution in [2.24, 2.45) is 0 Å². The largest absolute Gasteiger partial charge is 0.454 e. The van der Waals surface area contributed by atoms with Gasteiger partial charge in [-0.1, -0.05) is 29.8 Å². The molecule has 0 saturated heterocycles. The Morgan fingerprint density at radius 2 is 2.00 bits per heavy atom. The van der Waals surface area contributed by atoms with Crippen LogP contribution in [-0.4, -0.2) is 25.8 Å². The fraction of sp³-hybridized carbons (Fsp3) is 0.211. The number of carbonyl (C=O) groups excluding carboxylic acids is 1. The third kappa shape index (κ3) is 4.90. The maximum atomic E-state index is 11.9. The van der Waals surface area contributed by atoms with Crippen LogP contribution in [0.3, 0.4) is 0 Å². The van der Waals surface area contributed by atoms with E-state index in [1.807, 2.05) is 30.3 Å². The van der Waals surface area contributed by atoms with Gasteiger partial charge < -0.3 is 20.1 Å². The highest BCUT2D eigenvalue weighted by molar-refractivity contribution is 6.32. The van der Waals surface area contributed by atoms with Crippen LogP contribution in [0, 0.1) is 0 Å². The molecule has 0 fully saturated rings. The summed E-state index contributed by atoms with van der Waals surface area (Å²) in [7, 11) is 0. The molecule has 0 spiro atoms. The highest BCUT2D eigenvalue weighted by Crippen LogP contribution is 2.39. The molecule has 2 aromatic carbocycles. The smallest absolute Gasteiger partial charge is 0.244 e. The van der Waals surface area contributed by atoms with Gasteiger partial charge in [0.05, 0.1) is 5.02 Å². The van der Waals surface area contributed by atoms with Crippen LogP contribution in [0.2, 0.25) is 5.02 Å². The number of nitrogens with one attached hydrogen (secondary N) is 2. The molecule has 5 nitrogen and oxygen atoms in total. The summed E-state index contributed by atoms with van der Waals surface area (Å²) in [5, 5.41) is 6.62. The predicted molar refractivity (Wildman–Crippen MR) is 99.2 cm³/mol. The van der Waals surface area contributed by atoms with Crippen molar-refractivity contribution in [2.75, 3.05) is 25.2 Å². The molecule has 1 aliphatic rings. The van der Waals surface area contributed by atoms with Gasteiger partial charge in [-0.2, -0.15) is 0 Å². The van der Waals surface area contributed by atoms with Crippen LogP contribution in [0.25, 0.3) is 6.08 Å². The van der Waals surface area contributed by atoms with E-state index in [0.717, 1.165) is 24.2 Å². The van der Waals surface area contributed by atoms with Crippen molar-refractivity contribution >= 4 is 29.3 Å². The lowest BCUT2D eigenvalue weighted by molar-refractivity contribution is -0.116. The van der Waals surface area contributed by atoms with Gasteiger partial charge in [-0.15, -0.1) is 0 Å². The molecular formula is C19H19ClN2O3. The third-order valence-electron chi connectivity index (χ3n) is 3.63. The minimum atomic E-state index is -0.145. The molecule has 3 rings (SSSR count). The van der Waals surface area contributed by atoms with E-state index in [1.165, 1.54) is 6.08 Å². The van der Waals surface area contributed by atoms with E-state index in [1.54, 1.807) is 18.2 Å². The molecule has 6 heteroatoms. The zero-order chi connectivity index (χ0) is 17.5. The lowest BCUT2D eigenvalue weighted by Gasteiger charge is -2.06. The zero-order valence-corrected chi connectivity index (χ0v) is 14.4. The maximum absolute atomic E-state index is 11.9. The topological polar surface area (TPSA) is 59.6 Å². The molecule has 0 unspecified atom stereocenters. The van der Waals surface area contributed by atoms with Crippen molar-refractivity contribution in [3.8, 4) is 11.5 Å². The summed E-state index contributed by atoms with van der Waals surface area (Å²) in [4.78, 5) is 11.9. The molecular weight excluding hydrogens is 340 g/mol. The van der Waals surface area contributed by atoms with Gasteiger partial charge in [-0.3, -0.25) is 4.79 Å². The van der Waals surface area contributed by atoms with Gasteiger partial charge in [-0.25, -0.2) is 0 Å². The highest BCUT2D eigenvalue weighted by atomic mass is 35.5. The van der Waals surface area contributed by atoms with Crippen LogP contribution in [-0.2, 0) is 4.79 Å². The molecule has 2 aromatic rings. The minimum absolute atomic E-state index is 0.145. The molecule has 130 valence electrons. The monoisotopic (exact) mass is 358 g/mol. The highest BCUT2D eigenvalue weighted by Gasteiger charge is 2.17. The van der Waals surface area contributed by atoms with E-state index in [-0.39, 0.29) is 12.7 Å². The number of carbonyl (C=O) groups is 1. The number of benzene rings is 2. The second-order valence-electron chi connectivity index (χ2n) is 5.51. The molecule has 0 bridgehead atoms. The first-order valence-electron chi connectivity index (χ1n) is 8.06. The first-order chi connectivity index (χ1) is 12.2. The summed E-state index contributed by atoms with van der Waals surface area (Å²) in [6.07, 6.45) is 4.02. The number of para-hydroxylation sites is 1. The summed E-state index contributed by atoms with van der Waals surface area (Å²) in [6, 6.07) is 13.5. The molecule has 0 atom stereocenters. The Hall–Kier alpha value is -2.66. The Morgan fingerprint density at radius 3 is 2.84 bits per heavy atom. The number of anilines is 1. The van der Waals surface area contributed by atoms with Gasteiger partial charge in [-0.05, 0) is 42.3 Å². The van der Waals surface area contributed by atoms with Crippen molar-refractivity contribution < 1.29 is 14.3 Å². The standard InChI is InChI=1S/C19H19ClN2O3/c20-16-11-14(12-17-19(16)25-13-24-17)7-8-18(23)22-10-4-9-21-15-5-2-1-3-6-15/h1-3,5-8,11-12,21H,4,9-10,13H2,(H,22,23)/b8-7+. The number of fused-ring (bicyclic) bond motifs is 1. The minimum Gasteiger partial charge on any atom is -0.454 e. The molecule has 0 radical (unpaired) electrons. The number of rotatable bonds is 7. The average Bonchev–Trinajstić information content (AvgIpc) is 3.10. The van der Waals surface area contributed by atoms with Crippen LogP contribution < -0.4 is 20.1 Å². The normalized spacial score (nSPS) is 12.4. The van der Waals surface area contributed by atoms with Gasteiger partial charge in [0.15, 0.2) is 11.5 Å². The summed E-state index contributed by atoms with van der Waals surface area (Å²) < 4.78 is 10.6. The maximum Gasteiger partial charge on any atom is 0.244 e. The summed E-state index contributed by atoms with van der Waals surface area (Å²) in [6.45, 7) is 1.57.